The average Bonchev–Trinajstić information content (AvgIpc) is 2.54. The van der Waals surface area contributed by atoms with Crippen molar-refractivity contribution < 1.29 is 0 Å². The third-order valence-electron chi connectivity index (χ3n) is 3.26. The highest BCUT2D eigenvalue weighted by molar-refractivity contribution is 5.71. The molecule has 5 heteroatoms. The first-order valence-corrected chi connectivity index (χ1v) is 6.95. The molecule has 0 saturated carbocycles. The van der Waals surface area contributed by atoms with E-state index in [0.29, 0.717) is 12.2 Å². The van der Waals surface area contributed by atoms with Gasteiger partial charge in [0.1, 0.15) is 11.3 Å². The van der Waals surface area contributed by atoms with Crippen molar-refractivity contribution in [2.45, 2.75) is 13.0 Å². The maximum Gasteiger partial charge on any atom is 0.180 e. The van der Waals surface area contributed by atoms with Crippen molar-refractivity contribution in [3.8, 4) is 0 Å². The predicted molar refractivity (Wildman–Crippen MR) is 83.9 cm³/mol. The number of fused-ring (bicyclic) bond motifs is 1. The van der Waals surface area contributed by atoms with E-state index in [9.17, 15) is 0 Å². The van der Waals surface area contributed by atoms with Crippen LogP contribution in [0.1, 0.15) is 11.1 Å². The van der Waals surface area contributed by atoms with E-state index >= 15 is 0 Å². The molecule has 0 bridgehead atoms. The SMILES string of the molecule is NCCc1ccc(CNc2ccc3nccnc3n2)cc1. The van der Waals surface area contributed by atoms with Crippen molar-refractivity contribution >= 4 is 17.0 Å². The summed E-state index contributed by atoms with van der Waals surface area (Å²) in [5.74, 6) is 0.800. The van der Waals surface area contributed by atoms with Gasteiger partial charge in [0.15, 0.2) is 5.65 Å². The van der Waals surface area contributed by atoms with Crippen molar-refractivity contribution in [2.24, 2.45) is 5.73 Å². The second-order valence-electron chi connectivity index (χ2n) is 4.80. The Hall–Kier alpha value is -2.53. The Morgan fingerprint density at radius 1 is 0.905 bits per heavy atom. The number of hydrogen-bond donors (Lipinski definition) is 2. The Kier molecular flexibility index (Phi) is 4.02. The molecule has 0 atom stereocenters. The summed E-state index contributed by atoms with van der Waals surface area (Å²) in [5.41, 5.74) is 9.47. The van der Waals surface area contributed by atoms with Crippen LogP contribution < -0.4 is 11.1 Å². The van der Waals surface area contributed by atoms with E-state index in [2.05, 4.69) is 44.5 Å². The van der Waals surface area contributed by atoms with Gasteiger partial charge in [-0.1, -0.05) is 24.3 Å². The number of nitrogens with zero attached hydrogens (tertiary/aromatic N) is 3. The number of anilines is 1. The Bertz CT molecular complexity index is 724. The van der Waals surface area contributed by atoms with Crippen LogP contribution >= 0.6 is 0 Å². The molecule has 1 aromatic carbocycles. The molecule has 0 saturated heterocycles. The smallest absolute Gasteiger partial charge is 0.180 e. The topological polar surface area (TPSA) is 76.7 Å². The molecule has 0 aliphatic heterocycles. The lowest BCUT2D eigenvalue weighted by Gasteiger charge is -2.07. The molecule has 106 valence electrons. The third-order valence-corrected chi connectivity index (χ3v) is 3.26. The zero-order chi connectivity index (χ0) is 14.5. The second-order valence-corrected chi connectivity index (χ2v) is 4.80. The predicted octanol–water partition coefficient (Wildman–Crippen LogP) is 2.14. The number of nitrogens with two attached hydrogens (primary N) is 1. The van der Waals surface area contributed by atoms with E-state index in [1.54, 1.807) is 12.4 Å². The highest BCUT2D eigenvalue weighted by Gasteiger charge is 2.00. The molecule has 2 heterocycles. The molecule has 5 nitrogen and oxygen atoms in total. The Labute approximate surface area is 123 Å². The lowest BCUT2D eigenvalue weighted by molar-refractivity contribution is 0.966. The molecule has 0 radical (unpaired) electrons. The summed E-state index contributed by atoms with van der Waals surface area (Å²) in [6, 6.07) is 12.3. The minimum Gasteiger partial charge on any atom is -0.366 e. The van der Waals surface area contributed by atoms with Crippen LogP contribution in [0.4, 0.5) is 5.82 Å². The van der Waals surface area contributed by atoms with Gasteiger partial charge in [-0.15, -0.1) is 0 Å². The first-order chi connectivity index (χ1) is 10.3. The van der Waals surface area contributed by atoms with Crippen LogP contribution in [0.25, 0.3) is 11.2 Å². The van der Waals surface area contributed by atoms with Crippen molar-refractivity contribution in [2.75, 3.05) is 11.9 Å². The number of rotatable bonds is 5. The molecule has 21 heavy (non-hydrogen) atoms. The summed E-state index contributed by atoms with van der Waals surface area (Å²) in [7, 11) is 0. The van der Waals surface area contributed by atoms with Crippen molar-refractivity contribution in [1.29, 1.82) is 0 Å². The van der Waals surface area contributed by atoms with Gasteiger partial charge in [0.05, 0.1) is 0 Å². The monoisotopic (exact) mass is 279 g/mol. The molecule has 0 aliphatic carbocycles. The van der Waals surface area contributed by atoms with Crippen LogP contribution in [-0.2, 0) is 13.0 Å². The standard InChI is InChI=1S/C16H17N5/c17-8-7-12-1-3-13(4-2-12)11-20-15-6-5-14-16(21-15)19-10-9-18-14/h1-6,9-10H,7-8,11,17H2,(H,19,20,21). The molecule has 0 aliphatic rings. The van der Waals surface area contributed by atoms with Crippen LogP contribution in [0, 0.1) is 0 Å². The molecular weight excluding hydrogens is 262 g/mol. The van der Waals surface area contributed by atoms with Crippen molar-refractivity contribution in [3.05, 3.63) is 59.9 Å². The first kappa shape index (κ1) is 13.5. The van der Waals surface area contributed by atoms with Crippen LogP contribution in [0.2, 0.25) is 0 Å². The van der Waals surface area contributed by atoms with Gasteiger partial charge >= 0.3 is 0 Å². The largest absolute Gasteiger partial charge is 0.366 e. The van der Waals surface area contributed by atoms with Gasteiger partial charge in [-0.25, -0.2) is 9.97 Å². The normalized spacial score (nSPS) is 10.7. The van der Waals surface area contributed by atoms with E-state index < -0.39 is 0 Å². The third kappa shape index (κ3) is 3.32. The molecule has 0 amide bonds. The van der Waals surface area contributed by atoms with Gasteiger partial charge in [0.25, 0.3) is 0 Å². The quantitative estimate of drug-likeness (QED) is 0.748. The fraction of sp³-hybridized carbons (Fsp3) is 0.188. The lowest BCUT2D eigenvalue weighted by Crippen LogP contribution is -2.04. The van der Waals surface area contributed by atoms with E-state index in [4.69, 9.17) is 5.73 Å². The molecule has 3 rings (SSSR count). The number of pyridine rings is 1. The highest BCUT2D eigenvalue weighted by Crippen LogP contribution is 2.12. The average molecular weight is 279 g/mol. The van der Waals surface area contributed by atoms with Crippen LogP contribution in [0.15, 0.2) is 48.8 Å². The van der Waals surface area contributed by atoms with Gasteiger partial charge in [0, 0.05) is 18.9 Å². The molecule has 2 aromatic heterocycles. The minimum absolute atomic E-state index is 0.654. The Morgan fingerprint density at radius 2 is 1.67 bits per heavy atom. The molecule has 3 aromatic rings. The first-order valence-electron chi connectivity index (χ1n) is 6.95. The molecular formula is C16H17N5. The molecule has 0 fully saturated rings. The fourth-order valence-corrected chi connectivity index (χ4v) is 2.14. The number of aromatic nitrogens is 3. The minimum atomic E-state index is 0.654. The summed E-state index contributed by atoms with van der Waals surface area (Å²) >= 11 is 0. The fourth-order valence-electron chi connectivity index (χ4n) is 2.14. The van der Waals surface area contributed by atoms with Crippen LogP contribution in [-0.4, -0.2) is 21.5 Å². The van der Waals surface area contributed by atoms with Gasteiger partial charge < -0.3 is 11.1 Å². The zero-order valence-corrected chi connectivity index (χ0v) is 11.7. The lowest BCUT2D eigenvalue weighted by atomic mass is 10.1. The summed E-state index contributed by atoms with van der Waals surface area (Å²) in [4.78, 5) is 12.8. The van der Waals surface area contributed by atoms with E-state index in [1.165, 1.54) is 11.1 Å². The summed E-state index contributed by atoms with van der Waals surface area (Å²) in [6.45, 7) is 1.40. The van der Waals surface area contributed by atoms with Gasteiger partial charge in [-0.05, 0) is 36.2 Å². The molecule has 3 N–H and O–H groups in total. The van der Waals surface area contributed by atoms with E-state index in [1.807, 2.05) is 12.1 Å². The number of hydrogen-bond acceptors (Lipinski definition) is 5. The second kappa shape index (κ2) is 6.28. The van der Waals surface area contributed by atoms with Crippen molar-refractivity contribution in [1.82, 2.24) is 15.0 Å². The molecule has 0 spiro atoms. The summed E-state index contributed by atoms with van der Waals surface area (Å²) in [5, 5.41) is 3.30. The Balaban J connectivity index is 1.68. The number of benzene rings is 1. The highest BCUT2D eigenvalue weighted by atomic mass is 15.0. The Morgan fingerprint density at radius 3 is 2.48 bits per heavy atom. The van der Waals surface area contributed by atoms with E-state index in [-0.39, 0.29) is 0 Å². The maximum absolute atomic E-state index is 5.55. The van der Waals surface area contributed by atoms with E-state index in [0.717, 1.165) is 24.3 Å². The molecule has 0 unspecified atom stereocenters. The van der Waals surface area contributed by atoms with Crippen molar-refractivity contribution in [3.63, 3.8) is 0 Å². The van der Waals surface area contributed by atoms with Crippen LogP contribution in [0.5, 0.6) is 0 Å². The van der Waals surface area contributed by atoms with Crippen LogP contribution in [0.3, 0.4) is 0 Å². The summed E-state index contributed by atoms with van der Waals surface area (Å²) < 4.78 is 0. The van der Waals surface area contributed by atoms with Gasteiger partial charge in [0.2, 0.25) is 0 Å². The summed E-state index contributed by atoms with van der Waals surface area (Å²) in [6.07, 6.45) is 4.23. The maximum atomic E-state index is 5.55. The van der Waals surface area contributed by atoms with Gasteiger partial charge in [-0.2, -0.15) is 0 Å². The zero-order valence-electron chi connectivity index (χ0n) is 11.7. The number of nitrogens with one attached hydrogen (secondary N) is 1. The van der Waals surface area contributed by atoms with Gasteiger partial charge in [-0.3, -0.25) is 4.98 Å².